The summed E-state index contributed by atoms with van der Waals surface area (Å²) in [7, 11) is 1.79. The number of carbonyl (C=O) groups excluding carboxylic acids is 1. The first-order chi connectivity index (χ1) is 10.6. The van der Waals surface area contributed by atoms with Gasteiger partial charge >= 0.3 is 0 Å². The molecule has 1 amide bonds. The predicted octanol–water partition coefficient (Wildman–Crippen LogP) is 3.28. The summed E-state index contributed by atoms with van der Waals surface area (Å²) in [5, 5.41) is 7.13. The van der Waals surface area contributed by atoms with E-state index in [9.17, 15) is 4.79 Å². The number of furan rings is 1. The lowest BCUT2D eigenvalue weighted by Gasteiger charge is -2.13. The number of amides is 1. The molecule has 2 aromatic heterocycles. The molecule has 5 nitrogen and oxygen atoms in total. The Kier molecular flexibility index (Phi) is 3.10. The van der Waals surface area contributed by atoms with Crippen molar-refractivity contribution in [2.75, 3.05) is 7.05 Å². The van der Waals surface area contributed by atoms with Gasteiger partial charge in [0.05, 0.1) is 6.54 Å². The van der Waals surface area contributed by atoms with E-state index in [0.717, 1.165) is 23.1 Å². The fourth-order valence-corrected chi connectivity index (χ4v) is 2.95. The zero-order chi connectivity index (χ0) is 15.3. The second kappa shape index (κ2) is 5.00. The van der Waals surface area contributed by atoms with Crippen LogP contribution in [-0.4, -0.2) is 28.1 Å². The summed E-state index contributed by atoms with van der Waals surface area (Å²) in [5.74, 6) is 3.70. The Morgan fingerprint density at radius 2 is 2.23 bits per heavy atom. The number of rotatable bonds is 5. The molecule has 0 aliphatic heterocycles. The van der Waals surface area contributed by atoms with Gasteiger partial charge in [-0.05, 0) is 43.4 Å². The number of aromatic amines is 1. The van der Waals surface area contributed by atoms with E-state index in [0.29, 0.717) is 24.1 Å². The number of nitrogens with one attached hydrogen (secondary N) is 1. The lowest BCUT2D eigenvalue weighted by molar-refractivity contribution is 0.0769. The van der Waals surface area contributed by atoms with Crippen LogP contribution in [0.3, 0.4) is 0 Å². The highest BCUT2D eigenvalue weighted by molar-refractivity contribution is 5.92. The topological polar surface area (TPSA) is 62.1 Å². The number of H-pyrrole nitrogens is 1. The maximum Gasteiger partial charge on any atom is 0.274 e. The molecule has 1 N–H and O–H groups in total. The Balaban J connectivity index is 1.40. The van der Waals surface area contributed by atoms with Crippen LogP contribution in [0.4, 0.5) is 0 Å². The highest BCUT2D eigenvalue weighted by Crippen LogP contribution is 2.47. The smallest absolute Gasteiger partial charge is 0.274 e. The minimum absolute atomic E-state index is 0.0686. The van der Waals surface area contributed by atoms with Gasteiger partial charge in [0.1, 0.15) is 17.2 Å². The number of hydrogen-bond donors (Lipinski definition) is 1. The standard InChI is InChI=1S/C17H21N3O2/c1-10-7-13(10)16-6-5-12(22-16)9-20(2)17(21)15-8-14(18-19-15)11-3-4-11/h5-6,8,10-11,13H,3-4,7,9H2,1-2H3,(H,18,19)/t10-,13+/m1/s1. The van der Waals surface area contributed by atoms with Crippen LogP contribution in [0.25, 0.3) is 0 Å². The van der Waals surface area contributed by atoms with E-state index in [2.05, 4.69) is 17.1 Å². The van der Waals surface area contributed by atoms with Gasteiger partial charge in [-0.2, -0.15) is 5.10 Å². The number of hydrogen-bond acceptors (Lipinski definition) is 3. The van der Waals surface area contributed by atoms with Crippen LogP contribution in [0.15, 0.2) is 22.6 Å². The fraction of sp³-hybridized carbons (Fsp3) is 0.529. The number of nitrogens with zero attached hydrogens (tertiary/aromatic N) is 2. The molecule has 2 fully saturated rings. The van der Waals surface area contributed by atoms with Gasteiger partial charge in [-0.1, -0.05) is 6.92 Å². The highest BCUT2D eigenvalue weighted by Gasteiger charge is 2.36. The van der Waals surface area contributed by atoms with E-state index >= 15 is 0 Å². The van der Waals surface area contributed by atoms with Crippen molar-refractivity contribution >= 4 is 5.91 Å². The third kappa shape index (κ3) is 2.56. The van der Waals surface area contributed by atoms with Gasteiger partial charge in [-0.3, -0.25) is 9.89 Å². The van der Waals surface area contributed by atoms with Crippen LogP contribution in [0, 0.1) is 5.92 Å². The van der Waals surface area contributed by atoms with Crippen molar-refractivity contribution in [3.63, 3.8) is 0 Å². The van der Waals surface area contributed by atoms with Crippen molar-refractivity contribution in [3.8, 4) is 0 Å². The van der Waals surface area contributed by atoms with E-state index in [1.807, 2.05) is 18.2 Å². The molecule has 5 heteroatoms. The Morgan fingerprint density at radius 1 is 1.45 bits per heavy atom. The average Bonchev–Trinajstić information content (AvgIpc) is 3.38. The molecule has 0 aromatic carbocycles. The zero-order valence-electron chi connectivity index (χ0n) is 13.0. The molecule has 4 rings (SSSR count). The summed E-state index contributed by atoms with van der Waals surface area (Å²) in [5.41, 5.74) is 1.58. The van der Waals surface area contributed by atoms with E-state index < -0.39 is 0 Å². The first-order valence-electron chi connectivity index (χ1n) is 8.01. The normalized spacial score (nSPS) is 23.5. The molecule has 0 saturated heterocycles. The molecule has 0 radical (unpaired) electrons. The quantitative estimate of drug-likeness (QED) is 0.921. The molecule has 116 valence electrons. The first kappa shape index (κ1) is 13.6. The molecule has 0 bridgehead atoms. The van der Waals surface area contributed by atoms with Gasteiger partial charge < -0.3 is 9.32 Å². The molecule has 2 saturated carbocycles. The van der Waals surface area contributed by atoms with Gasteiger partial charge in [0, 0.05) is 24.6 Å². The summed E-state index contributed by atoms with van der Waals surface area (Å²) < 4.78 is 5.87. The van der Waals surface area contributed by atoms with E-state index in [-0.39, 0.29) is 5.91 Å². The molecular formula is C17H21N3O2. The molecule has 2 aromatic rings. The van der Waals surface area contributed by atoms with Crippen molar-refractivity contribution in [1.29, 1.82) is 0 Å². The van der Waals surface area contributed by atoms with Crippen LogP contribution in [0.5, 0.6) is 0 Å². The van der Waals surface area contributed by atoms with Crippen molar-refractivity contribution in [2.45, 2.75) is 44.6 Å². The van der Waals surface area contributed by atoms with Crippen molar-refractivity contribution in [1.82, 2.24) is 15.1 Å². The fourth-order valence-electron chi connectivity index (χ4n) is 2.95. The maximum absolute atomic E-state index is 12.4. The Morgan fingerprint density at radius 3 is 2.91 bits per heavy atom. The highest BCUT2D eigenvalue weighted by atomic mass is 16.3. The van der Waals surface area contributed by atoms with Gasteiger partial charge in [0.25, 0.3) is 5.91 Å². The maximum atomic E-state index is 12.4. The Hall–Kier alpha value is -2.04. The third-order valence-corrected chi connectivity index (χ3v) is 4.73. The Labute approximate surface area is 129 Å². The third-order valence-electron chi connectivity index (χ3n) is 4.73. The summed E-state index contributed by atoms with van der Waals surface area (Å²) in [4.78, 5) is 14.1. The molecule has 22 heavy (non-hydrogen) atoms. The molecule has 0 spiro atoms. The van der Waals surface area contributed by atoms with Gasteiger partial charge in [0.2, 0.25) is 0 Å². The summed E-state index contributed by atoms with van der Waals surface area (Å²) in [6.45, 7) is 2.71. The monoisotopic (exact) mass is 299 g/mol. The lowest BCUT2D eigenvalue weighted by Crippen LogP contribution is -2.26. The molecule has 0 unspecified atom stereocenters. The number of aromatic nitrogens is 2. The minimum Gasteiger partial charge on any atom is -0.464 e. The second-order valence-electron chi connectivity index (χ2n) is 6.77. The summed E-state index contributed by atoms with van der Waals surface area (Å²) in [6, 6.07) is 5.90. The molecule has 2 aliphatic carbocycles. The van der Waals surface area contributed by atoms with Crippen LogP contribution in [-0.2, 0) is 6.54 Å². The minimum atomic E-state index is -0.0686. The van der Waals surface area contributed by atoms with Crippen molar-refractivity contribution in [2.24, 2.45) is 5.92 Å². The van der Waals surface area contributed by atoms with E-state index in [1.54, 1.807) is 11.9 Å². The second-order valence-corrected chi connectivity index (χ2v) is 6.77. The first-order valence-corrected chi connectivity index (χ1v) is 8.01. The zero-order valence-corrected chi connectivity index (χ0v) is 13.0. The Bertz CT molecular complexity index is 698. The van der Waals surface area contributed by atoms with Crippen molar-refractivity contribution in [3.05, 3.63) is 41.1 Å². The predicted molar refractivity (Wildman–Crippen MR) is 81.6 cm³/mol. The SMILES string of the molecule is C[C@@H]1C[C@@H]1c1ccc(CN(C)C(=O)c2cc(C3CC3)[nH]n2)o1. The van der Waals surface area contributed by atoms with Gasteiger partial charge in [0.15, 0.2) is 0 Å². The largest absolute Gasteiger partial charge is 0.464 e. The lowest BCUT2D eigenvalue weighted by atomic mass is 10.2. The summed E-state index contributed by atoms with van der Waals surface area (Å²) >= 11 is 0. The van der Waals surface area contributed by atoms with Crippen LogP contribution in [0.1, 0.15) is 65.7 Å². The van der Waals surface area contributed by atoms with Gasteiger partial charge in [-0.25, -0.2) is 0 Å². The number of carbonyl (C=O) groups is 1. The molecule has 2 aliphatic rings. The van der Waals surface area contributed by atoms with Crippen molar-refractivity contribution < 1.29 is 9.21 Å². The van der Waals surface area contributed by atoms with E-state index in [4.69, 9.17) is 4.42 Å². The molecule has 2 atom stereocenters. The summed E-state index contributed by atoms with van der Waals surface area (Å²) in [6.07, 6.45) is 3.60. The van der Waals surface area contributed by atoms with E-state index in [1.165, 1.54) is 19.3 Å². The van der Waals surface area contributed by atoms with Crippen LogP contribution >= 0.6 is 0 Å². The van der Waals surface area contributed by atoms with Gasteiger partial charge in [-0.15, -0.1) is 0 Å². The van der Waals surface area contributed by atoms with Crippen LogP contribution < -0.4 is 0 Å². The molecule has 2 heterocycles. The van der Waals surface area contributed by atoms with Crippen LogP contribution in [0.2, 0.25) is 0 Å². The average molecular weight is 299 g/mol. The molecular weight excluding hydrogens is 278 g/mol.